The van der Waals surface area contributed by atoms with E-state index >= 15 is 0 Å². The molecule has 0 radical (unpaired) electrons. The summed E-state index contributed by atoms with van der Waals surface area (Å²) in [5, 5.41) is -0.201. The van der Waals surface area contributed by atoms with Crippen LogP contribution >= 0.6 is 12.6 Å². The Hall–Kier alpha value is -1.16. The lowest BCUT2D eigenvalue weighted by Crippen LogP contribution is -2.23. The van der Waals surface area contributed by atoms with E-state index in [1.165, 1.54) is 5.56 Å². The van der Waals surface area contributed by atoms with Crippen LogP contribution in [-0.2, 0) is 6.42 Å². The Kier molecular flexibility index (Phi) is 5.35. The third-order valence-corrected chi connectivity index (χ3v) is 2.94. The van der Waals surface area contributed by atoms with Crippen molar-refractivity contribution in [3.05, 3.63) is 29.3 Å². The van der Waals surface area contributed by atoms with Crippen LogP contribution in [0.15, 0.2) is 18.2 Å². The highest BCUT2D eigenvalue weighted by Gasteiger charge is 2.05. The van der Waals surface area contributed by atoms with E-state index < -0.39 is 0 Å². The Morgan fingerprint density at radius 1 is 1.47 bits per heavy atom. The Morgan fingerprint density at radius 2 is 2.18 bits per heavy atom. The number of ether oxygens (including phenoxy) is 1. The summed E-state index contributed by atoms with van der Waals surface area (Å²) < 4.78 is 5.48. The van der Waals surface area contributed by atoms with Crippen LogP contribution in [0.25, 0.3) is 0 Å². The van der Waals surface area contributed by atoms with Gasteiger partial charge >= 0.3 is 0 Å². The van der Waals surface area contributed by atoms with Gasteiger partial charge in [-0.3, -0.25) is 4.79 Å². The first kappa shape index (κ1) is 13.9. The van der Waals surface area contributed by atoms with Crippen molar-refractivity contribution in [3.63, 3.8) is 0 Å². The van der Waals surface area contributed by atoms with Gasteiger partial charge in [0, 0.05) is 13.6 Å². The molecule has 17 heavy (non-hydrogen) atoms. The fraction of sp³-hybridized carbons (Fsp3) is 0.462. The zero-order valence-corrected chi connectivity index (χ0v) is 11.5. The van der Waals surface area contributed by atoms with E-state index in [4.69, 9.17) is 4.74 Å². The van der Waals surface area contributed by atoms with Gasteiger partial charge in [-0.15, -0.1) is 0 Å². The van der Waals surface area contributed by atoms with Gasteiger partial charge in [-0.25, -0.2) is 0 Å². The van der Waals surface area contributed by atoms with Gasteiger partial charge in [-0.1, -0.05) is 24.8 Å². The summed E-state index contributed by atoms with van der Waals surface area (Å²) in [4.78, 5) is 12.5. The predicted molar refractivity (Wildman–Crippen MR) is 73.1 cm³/mol. The number of thiol groups is 1. The molecule has 1 rings (SSSR count). The van der Waals surface area contributed by atoms with Gasteiger partial charge in [-0.05, 0) is 37.5 Å². The lowest BCUT2D eigenvalue weighted by molar-refractivity contribution is 0.234. The summed E-state index contributed by atoms with van der Waals surface area (Å²) in [6.07, 6.45) is 0.829. The highest BCUT2D eigenvalue weighted by atomic mass is 32.1. The number of carbonyl (C=O) groups is 1. The number of carbonyl (C=O) groups excluding carboxylic acids is 1. The standard InChI is InChI=1S/C13H19NO2S/c1-4-16-12-6-5-11(9-10(12)2)7-8-14(3)13(15)17/h5-6,9H,4,7-8H2,1-3H3,(H,15,17). The smallest absolute Gasteiger partial charge is 0.278 e. The fourth-order valence-electron chi connectivity index (χ4n) is 1.58. The van der Waals surface area contributed by atoms with Crippen LogP contribution in [0.3, 0.4) is 0 Å². The average molecular weight is 253 g/mol. The molecule has 0 unspecified atom stereocenters. The van der Waals surface area contributed by atoms with Crippen molar-refractivity contribution in [3.8, 4) is 5.75 Å². The second-order valence-corrected chi connectivity index (χ2v) is 4.37. The maximum absolute atomic E-state index is 10.9. The molecule has 0 bridgehead atoms. The van der Waals surface area contributed by atoms with E-state index in [0.717, 1.165) is 17.7 Å². The molecule has 94 valence electrons. The van der Waals surface area contributed by atoms with Gasteiger partial charge in [-0.2, -0.15) is 0 Å². The molecule has 0 N–H and O–H groups in total. The van der Waals surface area contributed by atoms with E-state index in [0.29, 0.717) is 13.2 Å². The molecule has 4 heteroatoms. The normalized spacial score (nSPS) is 10.1. The van der Waals surface area contributed by atoms with E-state index in [1.807, 2.05) is 26.0 Å². The number of benzene rings is 1. The third-order valence-electron chi connectivity index (χ3n) is 2.60. The minimum atomic E-state index is -0.201. The van der Waals surface area contributed by atoms with E-state index in [-0.39, 0.29) is 5.24 Å². The molecule has 3 nitrogen and oxygen atoms in total. The van der Waals surface area contributed by atoms with E-state index in [9.17, 15) is 4.79 Å². The Labute approximate surface area is 108 Å². The molecular weight excluding hydrogens is 234 g/mol. The number of amides is 1. The molecule has 0 aliphatic heterocycles. The van der Waals surface area contributed by atoms with Crippen molar-refractivity contribution in [2.75, 3.05) is 20.2 Å². The van der Waals surface area contributed by atoms with Crippen molar-refractivity contribution in [1.82, 2.24) is 4.90 Å². The van der Waals surface area contributed by atoms with Crippen LogP contribution in [0.4, 0.5) is 4.79 Å². The minimum absolute atomic E-state index is 0.201. The molecule has 0 spiro atoms. The molecule has 1 aromatic carbocycles. The van der Waals surface area contributed by atoms with Gasteiger partial charge in [0.1, 0.15) is 5.75 Å². The number of hydrogen-bond donors (Lipinski definition) is 1. The van der Waals surface area contributed by atoms with Crippen LogP contribution in [0.5, 0.6) is 5.75 Å². The number of hydrogen-bond acceptors (Lipinski definition) is 2. The quantitative estimate of drug-likeness (QED) is 0.818. The molecule has 1 aromatic rings. The Bertz CT molecular complexity index is 393. The van der Waals surface area contributed by atoms with Crippen molar-refractivity contribution in [2.45, 2.75) is 20.3 Å². The van der Waals surface area contributed by atoms with E-state index in [2.05, 4.69) is 18.7 Å². The summed E-state index contributed by atoms with van der Waals surface area (Å²) >= 11 is 3.77. The number of nitrogens with zero attached hydrogens (tertiary/aromatic N) is 1. The summed E-state index contributed by atoms with van der Waals surface area (Å²) in [7, 11) is 1.75. The first-order valence-corrected chi connectivity index (χ1v) is 6.15. The van der Waals surface area contributed by atoms with Crippen molar-refractivity contribution in [2.24, 2.45) is 0 Å². The maximum atomic E-state index is 10.9. The van der Waals surface area contributed by atoms with Gasteiger partial charge in [0.25, 0.3) is 5.24 Å². The third kappa shape index (κ3) is 4.30. The molecule has 0 aliphatic carbocycles. The fourth-order valence-corrected chi connectivity index (χ4v) is 1.68. The SMILES string of the molecule is CCOc1ccc(CCN(C)C(=O)S)cc1C. The first-order chi connectivity index (χ1) is 8.04. The van der Waals surface area contributed by atoms with Crippen molar-refractivity contribution in [1.29, 1.82) is 0 Å². The average Bonchev–Trinajstić information content (AvgIpc) is 2.29. The molecule has 0 saturated carbocycles. The summed E-state index contributed by atoms with van der Waals surface area (Å²) in [5.74, 6) is 0.926. The second-order valence-electron chi connectivity index (χ2n) is 3.99. The molecule has 1 amide bonds. The number of aryl methyl sites for hydroxylation is 1. The van der Waals surface area contributed by atoms with E-state index in [1.54, 1.807) is 11.9 Å². The highest BCUT2D eigenvalue weighted by Crippen LogP contribution is 2.19. The van der Waals surface area contributed by atoms with Crippen molar-refractivity contribution < 1.29 is 9.53 Å². The van der Waals surface area contributed by atoms with Crippen LogP contribution in [0.2, 0.25) is 0 Å². The lowest BCUT2D eigenvalue weighted by atomic mass is 10.1. The molecule has 0 fully saturated rings. The van der Waals surface area contributed by atoms with Crippen molar-refractivity contribution >= 4 is 17.9 Å². The maximum Gasteiger partial charge on any atom is 0.278 e. The van der Waals surface area contributed by atoms with Gasteiger partial charge in [0.2, 0.25) is 0 Å². The first-order valence-electron chi connectivity index (χ1n) is 5.71. The summed E-state index contributed by atoms with van der Waals surface area (Å²) in [6.45, 7) is 5.36. The Balaban J connectivity index is 2.61. The highest BCUT2D eigenvalue weighted by molar-refractivity contribution is 7.96. The zero-order chi connectivity index (χ0) is 12.8. The zero-order valence-electron chi connectivity index (χ0n) is 10.6. The van der Waals surface area contributed by atoms with Gasteiger partial charge < -0.3 is 9.64 Å². The molecule has 0 heterocycles. The molecule has 0 aromatic heterocycles. The number of rotatable bonds is 5. The van der Waals surface area contributed by atoms with Crippen LogP contribution in [-0.4, -0.2) is 30.3 Å². The summed E-state index contributed by atoms with van der Waals surface area (Å²) in [5.41, 5.74) is 2.33. The molecular formula is C13H19NO2S. The topological polar surface area (TPSA) is 29.5 Å². The molecule has 0 atom stereocenters. The van der Waals surface area contributed by atoms with Crippen LogP contribution < -0.4 is 4.74 Å². The predicted octanol–water partition coefficient (Wildman–Crippen LogP) is 2.92. The summed E-state index contributed by atoms with van der Waals surface area (Å²) in [6, 6.07) is 6.12. The van der Waals surface area contributed by atoms with Crippen LogP contribution in [0.1, 0.15) is 18.1 Å². The Morgan fingerprint density at radius 3 is 2.71 bits per heavy atom. The second kappa shape index (κ2) is 6.55. The largest absolute Gasteiger partial charge is 0.494 e. The lowest BCUT2D eigenvalue weighted by Gasteiger charge is -2.14. The monoisotopic (exact) mass is 253 g/mol. The minimum Gasteiger partial charge on any atom is -0.494 e. The van der Waals surface area contributed by atoms with Crippen LogP contribution in [0, 0.1) is 6.92 Å². The van der Waals surface area contributed by atoms with Gasteiger partial charge in [0.05, 0.1) is 6.61 Å². The number of likely N-dealkylation sites (N-methyl/N-ethyl adjacent to an activating group) is 1. The molecule has 0 saturated heterocycles. The molecule has 0 aliphatic rings. The van der Waals surface area contributed by atoms with Gasteiger partial charge in [0.15, 0.2) is 0 Å².